The number of ether oxygens (including phenoxy) is 2. The van der Waals surface area contributed by atoms with E-state index in [1.807, 2.05) is 0 Å². The Hall–Kier alpha value is -1.57. The summed E-state index contributed by atoms with van der Waals surface area (Å²) in [5, 5.41) is 7.56. The van der Waals surface area contributed by atoms with Gasteiger partial charge in [0.1, 0.15) is 12.1 Å². The maximum atomic E-state index is 11.4. The molecule has 0 aromatic carbocycles. The third kappa shape index (κ3) is 2.12. The molecule has 0 N–H and O–H groups in total. The van der Waals surface area contributed by atoms with Gasteiger partial charge in [0, 0.05) is 26.8 Å². The smallest absolute Gasteiger partial charge is 0.410 e. The first-order chi connectivity index (χ1) is 8.07. The Kier molecular flexibility index (Phi) is 3.06. The van der Waals surface area contributed by atoms with E-state index in [2.05, 4.69) is 10.3 Å². The molecule has 0 saturated carbocycles. The van der Waals surface area contributed by atoms with Crippen LogP contribution in [0.2, 0.25) is 0 Å². The quantitative estimate of drug-likeness (QED) is 0.641. The molecule has 2 heterocycles. The van der Waals surface area contributed by atoms with Crippen molar-refractivity contribution in [2.45, 2.75) is 12.0 Å². The van der Waals surface area contributed by atoms with Crippen molar-refractivity contribution in [2.24, 2.45) is 0 Å². The highest BCUT2D eigenvalue weighted by Crippen LogP contribution is 2.26. The van der Waals surface area contributed by atoms with Gasteiger partial charge in [0.15, 0.2) is 0 Å². The summed E-state index contributed by atoms with van der Waals surface area (Å²) in [6.45, 7) is 0.639. The van der Waals surface area contributed by atoms with Crippen LogP contribution >= 0.6 is 0 Å². The van der Waals surface area contributed by atoms with Crippen LogP contribution in [0.3, 0.4) is 0 Å². The van der Waals surface area contributed by atoms with Gasteiger partial charge >= 0.3 is 6.09 Å². The lowest BCUT2D eigenvalue weighted by Crippen LogP contribution is -2.50. The highest BCUT2D eigenvalue weighted by atomic mass is 16.6. The number of aromatic nitrogens is 3. The zero-order chi connectivity index (χ0) is 12.5. The number of carbonyl (C=O) groups excluding carboxylic acids is 1. The van der Waals surface area contributed by atoms with Gasteiger partial charge in [-0.15, -0.1) is 5.10 Å². The van der Waals surface area contributed by atoms with Crippen molar-refractivity contribution in [1.29, 1.82) is 0 Å². The fraction of sp³-hybridized carbons (Fsp3) is 0.667. The number of hydrogen-bond acceptors (Lipinski definition) is 5. The van der Waals surface area contributed by atoms with E-state index in [9.17, 15) is 4.79 Å². The van der Waals surface area contributed by atoms with E-state index in [1.165, 1.54) is 4.90 Å². The molecule has 0 spiro atoms. The summed E-state index contributed by atoms with van der Waals surface area (Å²) in [5.74, 6) is 0. The third-order valence-electron chi connectivity index (χ3n) is 2.93. The van der Waals surface area contributed by atoms with Gasteiger partial charge in [-0.25, -0.2) is 4.79 Å². The van der Waals surface area contributed by atoms with E-state index in [1.54, 1.807) is 20.4 Å². The van der Waals surface area contributed by atoms with E-state index >= 15 is 0 Å². The number of rotatable bonds is 4. The molecule has 2 rings (SSSR count). The van der Waals surface area contributed by atoms with E-state index in [-0.39, 0.29) is 12.7 Å². The number of carbonyl (C=O) groups is 1. The van der Waals surface area contributed by atoms with E-state index in [0.717, 1.165) is 4.59 Å². The zero-order valence-electron chi connectivity index (χ0n) is 9.79. The molecule has 7 nitrogen and oxygen atoms in total. The van der Waals surface area contributed by atoms with Gasteiger partial charge in [0.25, 0.3) is 7.98 Å². The SMILES string of the molecule is [B]n1cc(CC2(COC)COC(=O)N2C)nn1. The molecule has 1 aliphatic heterocycles. The average molecular weight is 236 g/mol. The summed E-state index contributed by atoms with van der Waals surface area (Å²) >= 11 is 0. The average Bonchev–Trinajstić information content (AvgIpc) is 2.80. The summed E-state index contributed by atoms with van der Waals surface area (Å²) in [6.07, 6.45) is 1.73. The van der Waals surface area contributed by atoms with Gasteiger partial charge in [-0.2, -0.15) is 0 Å². The number of nitrogens with zero attached hydrogens (tertiary/aromatic N) is 4. The lowest BCUT2D eigenvalue weighted by molar-refractivity contribution is 0.0649. The first-order valence-corrected chi connectivity index (χ1v) is 5.13. The van der Waals surface area contributed by atoms with Gasteiger partial charge in [-0.1, -0.05) is 5.21 Å². The Labute approximate surface area is 100 Å². The second kappa shape index (κ2) is 4.36. The van der Waals surface area contributed by atoms with Gasteiger partial charge in [0.05, 0.1) is 12.3 Å². The maximum absolute atomic E-state index is 11.4. The number of likely N-dealkylation sites (N-methyl/N-ethyl adjacent to an activating group) is 1. The molecule has 1 atom stereocenters. The molecule has 1 fully saturated rings. The summed E-state index contributed by atoms with van der Waals surface area (Å²) < 4.78 is 11.3. The first kappa shape index (κ1) is 11.9. The molecule has 17 heavy (non-hydrogen) atoms. The number of methoxy groups -OCH3 is 1. The van der Waals surface area contributed by atoms with Crippen LogP contribution in [0.1, 0.15) is 5.69 Å². The van der Waals surface area contributed by atoms with E-state index in [0.29, 0.717) is 18.7 Å². The molecule has 0 aliphatic carbocycles. The minimum absolute atomic E-state index is 0.271. The van der Waals surface area contributed by atoms with Gasteiger partial charge in [-0.05, 0) is 0 Å². The van der Waals surface area contributed by atoms with Crippen molar-refractivity contribution >= 4 is 14.1 Å². The minimum atomic E-state index is -0.540. The van der Waals surface area contributed by atoms with Crippen LogP contribution in [-0.2, 0) is 15.9 Å². The van der Waals surface area contributed by atoms with Gasteiger partial charge in [0.2, 0.25) is 0 Å². The fourth-order valence-corrected chi connectivity index (χ4v) is 1.94. The zero-order valence-corrected chi connectivity index (χ0v) is 9.79. The van der Waals surface area contributed by atoms with Gasteiger partial charge in [-0.3, -0.25) is 4.90 Å². The molecule has 1 aromatic heterocycles. The van der Waals surface area contributed by atoms with Crippen molar-refractivity contribution in [1.82, 2.24) is 19.8 Å². The molecular formula is C9H13BN4O3. The Balaban J connectivity index is 2.20. The fourth-order valence-electron chi connectivity index (χ4n) is 1.94. The predicted octanol–water partition coefficient (Wildman–Crippen LogP) is -0.781. The lowest BCUT2D eigenvalue weighted by atomic mass is 9.95. The second-order valence-corrected chi connectivity index (χ2v) is 4.14. The molecule has 1 unspecified atom stereocenters. The van der Waals surface area contributed by atoms with Crippen LogP contribution in [0.5, 0.6) is 0 Å². The molecular weight excluding hydrogens is 223 g/mol. The molecule has 2 radical (unpaired) electrons. The summed E-state index contributed by atoms with van der Waals surface area (Å²) in [6, 6.07) is 0. The normalized spacial score (nSPS) is 24.1. The van der Waals surface area contributed by atoms with Crippen molar-refractivity contribution in [3.63, 3.8) is 0 Å². The topological polar surface area (TPSA) is 69.5 Å². The monoisotopic (exact) mass is 236 g/mol. The number of hydrogen-bond donors (Lipinski definition) is 0. The molecule has 1 aliphatic rings. The molecule has 0 bridgehead atoms. The summed E-state index contributed by atoms with van der Waals surface area (Å²) in [5.41, 5.74) is 0.150. The summed E-state index contributed by atoms with van der Waals surface area (Å²) in [7, 11) is 8.70. The van der Waals surface area contributed by atoms with E-state index < -0.39 is 5.54 Å². The van der Waals surface area contributed by atoms with Crippen molar-refractivity contribution in [2.75, 3.05) is 27.4 Å². The van der Waals surface area contributed by atoms with Crippen LogP contribution < -0.4 is 0 Å². The standard InChI is InChI=1S/C9H13BN4O3/c1-13-8(15)17-6-9(13,5-16-2)3-7-4-14(10)12-11-7/h4H,3,5-6H2,1-2H3. The Morgan fingerprint density at radius 3 is 2.94 bits per heavy atom. The Morgan fingerprint density at radius 2 is 2.47 bits per heavy atom. The number of amides is 1. The van der Waals surface area contributed by atoms with Crippen molar-refractivity contribution in [3.05, 3.63) is 11.9 Å². The van der Waals surface area contributed by atoms with E-state index in [4.69, 9.17) is 17.5 Å². The molecule has 8 heteroatoms. The highest BCUT2D eigenvalue weighted by molar-refractivity contribution is 6.05. The highest BCUT2D eigenvalue weighted by Gasteiger charge is 2.46. The largest absolute Gasteiger partial charge is 0.447 e. The van der Waals surface area contributed by atoms with Crippen LogP contribution in [0.4, 0.5) is 4.79 Å². The lowest BCUT2D eigenvalue weighted by Gasteiger charge is -2.31. The second-order valence-electron chi connectivity index (χ2n) is 4.14. The molecule has 90 valence electrons. The molecule has 1 amide bonds. The van der Waals surface area contributed by atoms with Gasteiger partial charge < -0.3 is 14.1 Å². The Bertz CT molecular complexity index is 424. The van der Waals surface area contributed by atoms with Crippen LogP contribution in [0, 0.1) is 0 Å². The Morgan fingerprint density at radius 1 is 1.71 bits per heavy atom. The minimum Gasteiger partial charge on any atom is -0.447 e. The van der Waals surface area contributed by atoms with Crippen LogP contribution in [0.15, 0.2) is 6.20 Å². The van der Waals surface area contributed by atoms with Crippen LogP contribution in [-0.4, -0.2) is 66.8 Å². The number of cyclic esters (lactones) is 1. The molecule has 1 saturated heterocycles. The van der Waals surface area contributed by atoms with Crippen molar-refractivity contribution in [3.8, 4) is 0 Å². The summed E-state index contributed by atoms with van der Waals surface area (Å²) in [4.78, 5) is 13.0. The van der Waals surface area contributed by atoms with Crippen molar-refractivity contribution < 1.29 is 14.3 Å². The molecule has 1 aromatic rings. The van der Waals surface area contributed by atoms with Crippen LogP contribution in [0.25, 0.3) is 0 Å². The first-order valence-electron chi connectivity index (χ1n) is 5.13. The maximum Gasteiger partial charge on any atom is 0.410 e. The predicted molar refractivity (Wildman–Crippen MR) is 58.6 cm³/mol. The third-order valence-corrected chi connectivity index (χ3v) is 2.93.